The summed E-state index contributed by atoms with van der Waals surface area (Å²) in [5, 5.41) is 0.436. The van der Waals surface area contributed by atoms with E-state index in [1.54, 1.807) is 29.8 Å². The summed E-state index contributed by atoms with van der Waals surface area (Å²) in [7, 11) is -1.95. The number of anilines is 1. The van der Waals surface area contributed by atoms with Gasteiger partial charge in [0.05, 0.1) is 12.0 Å². The zero-order valence-corrected chi connectivity index (χ0v) is 10.5. The quantitative estimate of drug-likeness (QED) is 0.927. The second-order valence-electron chi connectivity index (χ2n) is 3.49. The SMILES string of the molecule is Cn1cnc(S(=O)(=O)Nc2cccc(Cl)c2)c1. The highest BCUT2D eigenvalue weighted by molar-refractivity contribution is 7.92. The first-order chi connectivity index (χ1) is 7.97. The fourth-order valence-electron chi connectivity index (χ4n) is 1.29. The van der Waals surface area contributed by atoms with Gasteiger partial charge in [0.1, 0.15) is 0 Å². The Morgan fingerprint density at radius 2 is 2.18 bits per heavy atom. The number of aryl methyl sites for hydroxylation is 1. The Kier molecular flexibility index (Phi) is 3.08. The Labute approximate surface area is 104 Å². The Morgan fingerprint density at radius 1 is 1.41 bits per heavy atom. The fourth-order valence-corrected chi connectivity index (χ4v) is 2.51. The number of benzene rings is 1. The number of hydrogen-bond acceptors (Lipinski definition) is 3. The summed E-state index contributed by atoms with van der Waals surface area (Å²) in [5.74, 6) is 0. The van der Waals surface area contributed by atoms with Crippen LogP contribution >= 0.6 is 11.6 Å². The van der Waals surface area contributed by atoms with Crippen LogP contribution in [0.4, 0.5) is 5.69 Å². The van der Waals surface area contributed by atoms with E-state index >= 15 is 0 Å². The van der Waals surface area contributed by atoms with Crippen LogP contribution in [0.3, 0.4) is 0 Å². The van der Waals surface area contributed by atoms with Crippen molar-refractivity contribution < 1.29 is 8.42 Å². The number of sulfonamides is 1. The highest BCUT2D eigenvalue weighted by Crippen LogP contribution is 2.18. The molecule has 17 heavy (non-hydrogen) atoms. The molecule has 0 saturated heterocycles. The van der Waals surface area contributed by atoms with Gasteiger partial charge in [-0.15, -0.1) is 0 Å². The van der Waals surface area contributed by atoms with Crippen LogP contribution in [0.2, 0.25) is 5.02 Å². The van der Waals surface area contributed by atoms with Gasteiger partial charge in [0, 0.05) is 18.3 Å². The lowest BCUT2D eigenvalue weighted by atomic mass is 10.3. The second kappa shape index (κ2) is 4.38. The standard InChI is InChI=1S/C10H10ClN3O2S/c1-14-6-10(12-7-14)17(15,16)13-9-4-2-3-8(11)5-9/h2-7,13H,1H3. The van der Waals surface area contributed by atoms with Gasteiger partial charge in [-0.25, -0.2) is 4.98 Å². The molecule has 0 atom stereocenters. The molecule has 5 nitrogen and oxygen atoms in total. The van der Waals surface area contributed by atoms with E-state index < -0.39 is 10.0 Å². The molecule has 0 aliphatic carbocycles. The van der Waals surface area contributed by atoms with Crippen molar-refractivity contribution in [2.45, 2.75) is 5.03 Å². The van der Waals surface area contributed by atoms with E-state index in [0.717, 1.165) is 0 Å². The summed E-state index contributed by atoms with van der Waals surface area (Å²) < 4.78 is 27.8. The van der Waals surface area contributed by atoms with E-state index in [1.807, 2.05) is 0 Å². The van der Waals surface area contributed by atoms with Crippen molar-refractivity contribution >= 4 is 27.3 Å². The summed E-state index contributed by atoms with van der Waals surface area (Å²) in [6.07, 6.45) is 2.85. The summed E-state index contributed by atoms with van der Waals surface area (Å²) >= 11 is 5.77. The van der Waals surface area contributed by atoms with E-state index in [-0.39, 0.29) is 5.03 Å². The minimum Gasteiger partial charge on any atom is -0.339 e. The molecule has 0 aliphatic heterocycles. The van der Waals surface area contributed by atoms with Crippen molar-refractivity contribution in [1.29, 1.82) is 0 Å². The minimum atomic E-state index is -3.65. The topological polar surface area (TPSA) is 64.0 Å². The largest absolute Gasteiger partial charge is 0.339 e. The van der Waals surface area contributed by atoms with Gasteiger partial charge in [-0.1, -0.05) is 17.7 Å². The smallest absolute Gasteiger partial charge is 0.280 e. The van der Waals surface area contributed by atoms with Gasteiger partial charge < -0.3 is 4.57 Å². The van der Waals surface area contributed by atoms with Crippen molar-refractivity contribution in [3.8, 4) is 0 Å². The predicted molar refractivity (Wildman–Crippen MR) is 65.5 cm³/mol. The molecular weight excluding hydrogens is 262 g/mol. The van der Waals surface area contributed by atoms with Crippen LogP contribution in [0, 0.1) is 0 Å². The number of halogens is 1. The molecule has 2 aromatic rings. The van der Waals surface area contributed by atoms with Crippen LogP contribution in [-0.2, 0) is 17.1 Å². The molecule has 7 heteroatoms. The van der Waals surface area contributed by atoms with Gasteiger partial charge >= 0.3 is 0 Å². The molecular formula is C10H10ClN3O2S. The zero-order chi connectivity index (χ0) is 12.5. The predicted octanol–water partition coefficient (Wildman–Crippen LogP) is 1.87. The fraction of sp³-hybridized carbons (Fsp3) is 0.100. The Morgan fingerprint density at radius 3 is 2.76 bits per heavy atom. The number of nitrogens with one attached hydrogen (secondary N) is 1. The molecule has 0 radical (unpaired) electrons. The molecule has 1 aromatic heterocycles. The molecule has 1 aromatic carbocycles. The second-order valence-corrected chi connectivity index (χ2v) is 5.56. The Balaban J connectivity index is 2.29. The van der Waals surface area contributed by atoms with Crippen LogP contribution in [0.25, 0.3) is 0 Å². The van der Waals surface area contributed by atoms with Crippen molar-refractivity contribution in [3.63, 3.8) is 0 Å². The van der Waals surface area contributed by atoms with Crippen LogP contribution in [-0.4, -0.2) is 18.0 Å². The number of aromatic nitrogens is 2. The first kappa shape index (κ1) is 11.9. The maximum Gasteiger partial charge on any atom is 0.280 e. The molecule has 1 N–H and O–H groups in total. The van der Waals surface area contributed by atoms with Crippen LogP contribution in [0.1, 0.15) is 0 Å². The highest BCUT2D eigenvalue weighted by atomic mass is 35.5. The summed E-state index contributed by atoms with van der Waals surface area (Å²) in [4.78, 5) is 3.79. The maximum atomic E-state index is 11.9. The van der Waals surface area contributed by atoms with Crippen LogP contribution in [0.15, 0.2) is 41.8 Å². The molecule has 2 rings (SSSR count). The van der Waals surface area contributed by atoms with E-state index in [9.17, 15) is 8.42 Å². The molecule has 1 heterocycles. The number of rotatable bonds is 3. The maximum absolute atomic E-state index is 11.9. The third kappa shape index (κ3) is 2.78. The van der Waals surface area contributed by atoms with Crippen molar-refractivity contribution in [2.24, 2.45) is 7.05 Å². The number of hydrogen-bond donors (Lipinski definition) is 1. The molecule has 0 fully saturated rings. The Bertz CT molecular complexity index is 637. The highest BCUT2D eigenvalue weighted by Gasteiger charge is 2.16. The summed E-state index contributed by atoms with van der Waals surface area (Å²) in [6, 6.07) is 6.48. The normalized spacial score (nSPS) is 11.4. The molecule has 0 saturated carbocycles. The van der Waals surface area contributed by atoms with E-state index in [4.69, 9.17) is 11.6 Å². The summed E-state index contributed by atoms with van der Waals surface area (Å²) in [6.45, 7) is 0. The number of imidazole rings is 1. The molecule has 0 amide bonds. The minimum absolute atomic E-state index is 0.0278. The van der Waals surface area contributed by atoms with Gasteiger partial charge in [-0.05, 0) is 18.2 Å². The van der Waals surface area contributed by atoms with Gasteiger partial charge in [0.25, 0.3) is 10.0 Å². The molecule has 0 bridgehead atoms. The first-order valence-corrected chi connectivity index (χ1v) is 6.60. The molecule has 0 unspecified atom stereocenters. The zero-order valence-electron chi connectivity index (χ0n) is 8.96. The van der Waals surface area contributed by atoms with E-state index in [0.29, 0.717) is 10.7 Å². The van der Waals surface area contributed by atoms with Crippen LogP contribution < -0.4 is 4.72 Å². The van der Waals surface area contributed by atoms with Crippen LogP contribution in [0.5, 0.6) is 0 Å². The van der Waals surface area contributed by atoms with Gasteiger partial charge in [-0.3, -0.25) is 4.72 Å². The number of nitrogens with zero attached hydrogens (tertiary/aromatic N) is 2. The molecule has 0 aliphatic rings. The lowest BCUT2D eigenvalue weighted by Crippen LogP contribution is -2.13. The monoisotopic (exact) mass is 271 g/mol. The molecule has 0 spiro atoms. The lowest BCUT2D eigenvalue weighted by Gasteiger charge is -2.05. The average molecular weight is 272 g/mol. The third-order valence-electron chi connectivity index (χ3n) is 2.03. The third-order valence-corrected chi connectivity index (χ3v) is 3.53. The van der Waals surface area contributed by atoms with Gasteiger partial charge in [-0.2, -0.15) is 8.42 Å². The summed E-state index contributed by atoms with van der Waals surface area (Å²) in [5.41, 5.74) is 0.406. The van der Waals surface area contributed by atoms with Crippen molar-refractivity contribution in [3.05, 3.63) is 41.8 Å². The molecule has 90 valence electrons. The van der Waals surface area contributed by atoms with Crippen molar-refractivity contribution in [2.75, 3.05) is 4.72 Å². The average Bonchev–Trinajstić information content (AvgIpc) is 2.65. The lowest BCUT2D eigenvalue weighted by molar-refractivity contribution is 0.598. The van der Waals surface area contributed by atoms with E-state index in [2.05, 4.69) is 9.71 Å². The van der Waals surface area contributed by atoms with Gasteiger partial charge in [0.15, 0.2) is 5.03 Å². The Hall–Kier alpha value is -1.53. The van der Waals surface area contributed by atoms with Crippen molar-refractivity contribution in [1.82, 2.24) is 9.55 Å². The van der Waals surface area contributed by atoms with E-state index in [1.165, 1.54) is 18.6 Å². The first-order valence-electron chi connectivity index (χ1n) is 4.74. The van der Waals surface area contributed by atoms with Gasteiger partial charge in [0.2, 0.25) is 0 Å².